The lowest BCUT2D eigenvalue weighted by molar-refractivity contribution is -0.136. The van der Waals surface area contributed by atoms with Crippen LogP contribution in [0.2, 0.25) is 5.02 Å². The van der Waals surface area contributed by atoms with E-state index in [-0.39, 0.29) is 18.5 Å². The van der Waals surface area contributed by atoms with E-state index in [1.165, 1.54) is 0 Å². The predicted molar refractivity (Wildman–Crippen MR) is 101 cm³/mol. The molecule has 1 amide bonds. The highest BCUT2D eigenvalue weighted by molar-refractivity contribution is 6.31. The van der Waals surface area contributed by atoms with Gasteiger partial charge in [0.15, 0.2) is 0 Å². The number of rotatable bonds is 5. The molecule has 1 aromatic carbocycles. The maximum absolute atomic E-state index is 12.8. The zero-order valence-electron chi connectivity index (χ0n) is 14.9. The van der Waals surface area contributed by atoms with Crippen LogP contribution in [0.4, 0.5) is 0 Å². The van der Waals surface area contributed by atoms with Gasteiger partial charge in [0.1, 0.15) is 18.3 Å². The highest BCUT2D eigenvalue weighted by Gasteiger charge is 2.31. The third-order valence-corrected chi connectivity index (χ3v) is 5.23. The average Bonchev–Trinajstić information content (AvgIpc) is 3.36. The lowest BCUT2D eigenvalue weighted by atomic mass is 10.0. The molecule has 1 fully saturated rings. The second kappa shape index (κ2) is 7.96. The lowest BCUT2D eigenvalue weighted by Gasteiger charge is -2.33. The van der Waals surface area contributed by atoms with E-state index in [9.17, 15) is 4.79 Å². The van der Waals surface area contributed by atoms with E-state index in [4.69, 9.17) is 16.0 Å². The fraction of sp³-hybridized carbons (Fsp3) is 0.350. The van der Waals surface area contributed by atoms with Crippen molar-refractivity contribution >= 4 is 17.5 Å². The molecule has 3 heterocycles. The van der Waals surface area contributed by atoms with Crippen molar-refractivity contribution < 1.29 is 9.21 Å². The van der Waals surface area contributed by atoms with Crippen molar-refractivity contribution in [2.24, 2.45) is 0 Å². The molecule has 0 unspecified atom stereocenters. The summed E-state index contributed by atoms with van der Waals surface area (Å²) in [6.07, 6.45) is 8.70. The number of carbonyl (C=O) groups is 1. The Morgan fingerprint density at radius 1 is 1.26 bits per heavy atom. The van der Waals surface area contributed by atoms with Crippen LogP contribution in [0.15, 0.2) is 53.3 Å². The molecule has 7 heteroatoms. The topological polar surface area (TPSA) is 64.2 Å². The van der Waals surface area contributed by atoms with Gasteiger partial charge in [0.25, 0.3) is 0 Å². The number of piperidine rings is 1. The third-order valence-electron chi connectivity index (χ3n) is 4.86. The summed E-state index contributed by atoms with van der Waals surface area (Å²) in [4.78, 5) is 19.1. The number of likely N-dealkylation sites (tertiary alicyclic amines) is 1. The van der Waals surface area contributed by atoms with Gasteiger partial charge in [-0.25, -0.2) is 4.98 Å². The van der Waals surface area contributed by atoms with Crippen LogP contribution in [-0.4, -0.2) is 32.1 Å². The fourth-order valence-corrected chi connectivity index (χ4v) is 3.70. The van der Waals surface area contributed by atoms with E-state index in [0.717, 1.165) is 30.6 Å². The molecule has 1 saturated heterocycles. The summed E-state index contributed by atoms with van der Waals surface area (Å²) < 4.78 is 7.66. The number of carbonyl (C=O) groups excluding carboxylic acids is 1. The molecule has 27 heavy (non-hydrogen) atoms. The van der Waals surface area contributed by atoms with Gasteiger partial charge in [-0.2, -0.15) is 5.10 Å². The number of amides is 1. The smallest absolute Gasteiger partial charge is 0.244 e. The number of hydrogen-bond acceptors (Lipinski definition) is 4. The molecule has 0 N–H and O–H groups in total. The Morgan fingerprint density at radius 3 is 2.96 bits per heavy atom. The van der Waals surface area contributed by atoms with E-state index < -0.39 is 0 Å². The standard InChI is InChI=1S/C20H21ClN4O2/c21-17-7-2-1-6-15(17)12-16-13-22-20(27-16)18-8-3-4-11-25(18)19(26)14-24-10-5-9-23-24/h1-2,5-7,9-10,13,18H,3-4,8,11-12,14H2/t18-/m1/s1. The second-order valence-electron chi connectivity index (χ2n) is 6.74. The first-order valence-corrected chi connectivity index (χ1v) is 9.53. The first kappa shape index (κ1) is 17.8. The predicted octanol–water partition coefficient (Wildman–Crippen LogP) is 3.87. The van der Waals surface area contributed by atoms with Crippen molar-refractivity contribution in [2.45, 2.75) is 38.3 Å². The number of halogens is 1. The molecule has 3 aromatic rings. The molecule has 1 aliphatic rings. The molecule has 0 radical (unpaired) electrons. The van der Waals surface area contributed by atoms with Crippen LogP contribution in [0, 0.1) is 0 Å². The van der Waals surface area contributed by atoms with Crippen LogP contribution in [0.5, 0.6) is 0 Å². The van der Waals surface area contributed by atoms with E-state index in [1.54, 1.807) is 23.3 Å². The molecule has 0 aliphatic carbocycles. The largest absolute Gasteiger partial charge is 0.443 e. The molecule has 0 spiro atoms. The van der Waals surface area contributed by atoms with E-state index in [0.29, 0.717) is 23.9 Å². The van der Waals surface area contributed by atoms with E-state index >= 15 is 0 Å². The first-order chi connectivity index (χ1) is 13.2. The average molecular weight is 385 g/mol. The Morgan fingerprint density at radius 2 is 2.15 bits per heavy atom. The Bertz CT molecular complexity index is 906. The quantitative estimate of drug-likeness (QED) is 0.669. The summed E-state index contributed by atoms with van der Waals surface area (Å²) in [6, 6.07) is 9.39. The van der Waals surface area contributed by atoms with Gasteiger partial charge in [0.2, 0.25) is 11.8 Å². The molecule has 1 aliphatic heterocycles. The zero-order valence-corrected chi connectivity index (χ0v) is 15.7. The Balaban J connectivity index is 1.50. The Labute approximate surface area is 162 Å². The summed E-state index contributed by atoms with van der Waals surface area (Å²) in [6.45, 7) is 0.948. The van der Waals surface area contributed by atoms with Gasteiger partial charge in [-0.3, -0.25) is 9.48 Å². The first-order valence-electron chi connectivity index (χ1n) is 9.15. The number of benzene rings is 1. The molecule has 140 valence electrons. The minimum atomic E-state index is -0.123. The van der Waals surface area contributed by atoms with Crippen LogP contribution in [0.3, 0.4) is 0 Å². The van der Waals surface area contributed by atoms with Gasteiger partial charge in [-0.05, 0) is 37.0 Å². The second-order valence-corrected chi connectivity index (χ2v) is 7.14. The van der Waals surface area contributed by atoms with Crippen LogP contribution in [0.1, 0.15) is 42.5 Å². The van der Waals surface area contributed by atoms with Crippen molar-refractivity contribution in [2.75, 3.05) is 6.54 Å². The van der Waals surface area contributed by atoms with Crippen LogP contribution in [0.25, 0.3) is 0 Å². The third kappa shape index (κ3) is 4.06. The van der Waals surface area contributed by atoms with Gasteiger partial charge >= 0.3 is 0 Å². The number of oxazole rings is 1. The van der Waals surface area contributed by atoms with E-state index in [2.05, 4.69) is 10.1 Å². The van der Waals surface area contributed by atoms with Crippen LogP contribution in [-0.2, 0) is 17.8 Å². The summed E-state index contributed by atoms with van der Waals surface area (Å²) in [5.74, 6) is 1.39. The Kier molecular flexibility index (Phi) is 5.25. The number of nitrogens with zero attached hydrogens (tertiary/aromatic N) is 4. The maximum atomic E-state index is 12.8. The number of hydrogen-bond donors (Lipinski definition) is 0. The summed E-state index contributed by atoms with van der Waals surface area (Å²) >= 11 is 6.24. The van der Waals surface area contributed by atoms with Crippen molar-refractivity contribution in [1.29, 1.82) is 0 Å². The van der Waals surface area contributed by atoms with Gasteiger partial charge in [-0.1, -0.05) is 29.8 Å². The van der Waals surface area contributed by atoms with Crippen molar-refractivity contribution in [3.63, 3.8) is 0 Å². The molecule has 0 bridgehead atoms. The molecule has 2 aromatic heterocycles. The van der Waals surface area contributed by atoms with Crippen molar-refractivity contribution in [1.82, 2.24) is 19.7 Å². The monoisotopic (exact) mass is 384 g/mol. The number of aromatic nitrogens is 3. The summed E-state index contributed by atoms with van der Waals surface area (Å²) in [5.41, 5.74) is 0.997. The van der Waals surface area contributed by atoms with Gasteiger partial charge in [-0.15, -0.1) is 0 Å². The van der Waals surface area contributed by atoms with Crippen LogP contribution >= 0.6 is 11.6 Å². The molecular formula is C20H21ClN4O2. The maximum Gasteiger partial charge on any atom is 0.244 e. The minimum Gasteiger partial charge on any atom is -0.443 e. The van der Waals surface area contributed by atoms with Gasteiger partial charge < -0.3 is 9.32 Å². The van der Waals surface area contributed by atoms with Gasteiger partial charge in [0.05, 0.1) is 6.20 Å². The highest BCUT2D eigenvalue weighted by Crippen LogP contribution is 2.31. The van der Waals surface area contributed by atoms with E-state index in [1.807, 2.05) is 35.2 Å². The zero-order chi connectivity index (χ0) is 18.6. The molecule has 6 nitrogen and oxygen atoms in total. The SMILES string of the molecule is O=C(Cn1cccn1)N1CCCC[C@@H]1c1ncc(Cc2ccccc2Cl)o1. The minimum absolute atomic E-state index is 0.0363. The van der Waals surface area contributed by atoms with Crippen LogP contribution < -0.4 is 0 Å². The lowest BCUT2D eigenvalue weighted by Crippen LogP contribution is -2.40. The van der Waals surface area contributed by atoms with Crippen molar-refractivity contribution in [3.05, 3.63) is 71.2 Å². The van der Waals surface area contributed by atoms with Crippen molar-refractivity contribution in [3.8, 4) is 0 Å². The Hall–Kier alpha value is -2.60. The molecule has 1 atom stereocenters. The summed E-state index contributed by atoms with van der Waals surface area (Å²) in [7, 11) is 0. The molecular weight excluding hydrogens is 364 g/mol. The normalized spacial score (nSPS) is 17.2. The summed E-state index contributed by atoms with van der Waals surface area (Å²) in [5, 5.41) is 4.84. The fourth-order valence-electron chi connectivity index (χ4n) is 3.50. The highest BCUT2D eigenvalue weighted by atomic mass is 35.5. The van der Waals surface area contributed by atoms with Gasteiger partial charge in [0, 0.05) is 30.4 Å². The molecule has 4 rings (SSSR count). The molecule has 0 saturated carbocycles.